The molecule has 1 heterocycles. The van der Waals surface area contributed by atoms with Gasteiger partial charge < -0.3 is 15.0 Å². The molecule has 76 valence electrons. The Morgan fingerprint density at radius 2 is 2.38 bits per heavy atom. The third-order valence-corrected chi connectivity index (χ3v) is 2.43. The first-order chi connectivity index (χ1) is 6.13. The number of nitrogens with one attached hydrogen (secondary N) is 1. The van der Waals surface area contributed by atoms with Gasteiger partial charge >= 0.3 is 5.97 Å². The third kappa shape index (κ3) is 2.97. The molecule has 0 spiro atoms. The molecular formula is C9H18N2O2. The number of likely N-dealkylation sites (N-methyl/N-ethyl adjacent to an activating group) is 1. The van der Waals surface area contributed by atoms with E-state index in [-0.39, 0.29) is 12.0 Å². The molecule has 0 amide bonds. The van der Waals surface area contributed by atoms with Crippen LogP contribution in [-0.4, -0.2) is 50.2 Å². The van der Waals surface area contributed by atoms with Gasteiger partial charge in [-0.2, -0.15) is 0 Å². The molecule has 0 saturated carbocycles. The molecule has 1 aliphatic heterocycles. The number of likely N-dealkylation sites (tertiary alicyclic amines) is 1. The molecular weight excluding hydrogens is 168 g/mol. The Labute approximate surface area is 79.2 Å². The zero-order valence-corrected chi connectivity index (χ0v) is 8.54. The Hall–Kier alpha value is -0.610. The van der Waals surface area contributed by atoms with Crippen LogP contribution in [0.1, 0.15) is 13.3 Å². The Bertz CT molecular complexity index is 184. The molecule has 13 heavy (non-hydrogen) atoms. The van der Waals surface area contributed by atoms with Crippen molar-refractivity contribution in [3.8, 4) is 0 Å². The maximum atomic E-state index is 11.1. The fourth-order valence-corrected chi connectivity index (χ4v) is 1.67. The lowest BCUT2D eigenvalue weighted by molar-refractivity contribution is -0.142. The summed E-state index contributed by atoms with van der Waals surface area (Å²) in [6.07, 6.45) is 1.11. The van der Waals surface area contributed by atoms with Crippen LogP contribution in [0.4, 0.5) is 0 Å². The molecule has 1 saturated heterocycles. The molecule has 2 atom stereocenters. The van der Waals surface area contributed by atoms with Crippen molar-refractivity contribution < 1.29 is 9.53 Å². The molecule has 1 fully saturated rings. The van der Waals surface area contributed by atoms with Crippen molar-refractivity contribution in [2.75, 3.05) is 27.2 Å². The average Bonchev–Trinajstić information content (AvgIpc) is 2.49. The Kier molecular flexibility index (Phi) is 3.69. The lowest BCUT2D eigenvalue weighted by atomic mass is 10.2. The second kappa shape index (κ2) is 4.58. The zero-order chi connectivity index (χ0) is 9.84. The first kappa shape index (κ1) is 10.5. The Morgan fingerprint density at radius 3 is 2.85 bits per heavy atom. The van der Waals surface area contributed by atoms with Gasteiger partial charge in [0.2, 0.25) is 0 Å². The van der Waals surface area contributed by atoms with Crippen LogP contribution in [0, 0.1) is 0 Å². The van der Waals surface area contributed by atoms with Gasteiger partial charge in [-0.3, -0.25) is 4.79 Å². The van der Waals surface area contributed by atoms with Crippen LogP contribution in [-0.2, 0) is 9.53 Å². The highest BCUT2D eigenvalue weighted by Gasteiger charge is 2.23. The topological polar surface area (TPSA) is 41.6 Å². The van der Waals surface area contributed by atoms with Crippen LogP contribution in [0.2, 0.25) is 0 Å². The van der Waals surface area contributed by atoms with Crippen molar-refractivity contribution in [3.63, 3.8) is 0 Å². The molecule has 1 unspecified atom stereocenters. The minimum absolute atomic E-state index is 0.186. The van der Waals surface area contributed by atoms with Crippen LogP contribution in [0.3, 0.4) is 0 Å². The molecule has 0 aromatic carbocycles. The largest absolute Gasteiger partial charge is 0.468 e. The fourth-order valence-electron chi connectivity index (χ4n) is 1.67. The number of nitrogens with zero attached hydrogens (tertiary/aromatic N) is 1. The summed E-state index contributed by atoms with van der Waals surface area (Å²) in [7, 11) is 3.51. The van der Waals surface area contributed by atoms with E-state index in [0.29, 0.717) is 6.04 Å². The number of hydrogen-bond acceptors (Lipinski definition) is 4. The molecule has 1 aliphatic rings. The zero-order valence-electron chi connectivity index (χ0n) is 8.54. The molecule has 4 heteroatoms. The van der Waals surface area contributed by atoms with Crippen molar-refractivity contribution in [1.82, 2.24) is 10.2 Å². The van der Waals surface area contributed by atoms with Crippen LogP contribution < -0.4 is 5.32 Å². The number of rotatable bonds is 3. The summed E-state index contributed by atoms with van der Waals surface area (Å²) < 4.78 is 4.63. The van der Waals surface area contributed by atoms with Gasteiger partial charge in [-0.25, -0.2) is 0 Å². The maximum absolute atomic E-state index is 11.1. The van der Waals surface area contributed by atoms with Gasteiger partial charge in [0, 0.05) is 12.6 Å². The second-order valence-electron chi connectivity index (χ2n) is 3.66. The highest BCUT2D eigenvalue weighted by molar-refractivity contribution is 5.75. The molecule has 4 nitrogen and oxygen atoms in total. The smallest absolute Gasteiger partial charge is 0.322 e. The van der Waals surface area contributed by atoms with Crippen molar-refractivity contribution in [2.45, 2.75) is 25.4 Å². The molecule has 0 radical (unpaired) electrons. The predicted octanol–water partition coefficient (Wildman–Crippen LogP) is -0.158. The predicted molar refractivity (Wildman–Crippen MR) is 50.5 cm³/mol. The van der Waals surface area contributed by atoms with E-state index in [2.05, 4.69) is 22.0 Å². The molecule has 0 aromatic rings. The van der Waals surface area contributed by atoms with E-state index >= 15 is 0 Å². The van der Waals surface area contributed by atoms with E-state index < -0.39 is 0 Å². The Morgan fingerprint density at radius 1 is 1.69 bits per heavy atom. The summed E-state index contributed by atoms with van der Waals surface area (Å²) in [6.45, 7) is 3.96. The van der Waals surface area contributed by atoms with Gasteiger partial charge in [0.25, 0.3) is 0 Å². The van der Waals surface area contributed by atoms with Crippen LogP contribution >= 0.6 is 0 Å². The van der Waals surface area contributed by atoms with Crippen molar-refractivity contribution in [3.05, 3.63) is 0 Å². The van der Waals surface area contributed by atoms with Gasteiger partial charge in [0.1, 0.15) is 6.04 Å². The van der Waals surface area contributed by atoms with Gasteiger partial charge in [0.15, 0.2) is 0 Å². The quantitative estimate of drug-likeness (QED) is 0.622. The summed E-state index contributed by atoms with van der Waals surface area (Å²) in [4.78, 5) is 13.3. The molecule has 0 aromatic heterocycles. The summed E-state index contributed by atoms with van der Waals surface area (Å²) in [5, 5.41) is 3.24. The highest BCUT2D eigenvalue weighted by Crippen LogP contribution is 2.06. The Balaban J connectivity index is 2.28. The van der Waals surface area contributed by atoms with E-state index in [1.54, 1.807) is 0 Å². The van der Waals surface area contributed by atoms with Gasteiger partial charge in [-0.05, 0) is 26.9 Å². The second-order valence-corrected chi connectivity index (χ2v) is 3.66. The minimum Gasteiger partial charge on any atom is -0.468 e. The van der Waals surface area contributed by atoms with Gasteiger partial charge in [-0.15, -0.1) is 0 Å². The highest BCUT2D eigenvalue weighted by atomic mass is 16.5. The summed E-state index contributed by atoms with van der Waals surface area (Å²) in [6, 6.07) is 0.237. The van der Waals surface area contributed by atoms with Crippen molar-refractivity contribution in [1.29, 1.82) is 0 Å². The molecule has 0 bridgehead atoms. The number of esters is 1. The van der Waals surface area contributed by atoms with E-state index in [0.717, 1.165) is 19.5 Å². The first-order valence-corrected chi connectivity index (χ1v) is 4.66. The third-order valence-electron chi connectivity index (χ3n) is 2.43. The van der Waals surface area contributed by atoms with Crippen LogP contribution in [0.5, 0.6) is 0 Å². The van der Waals surface area contributed by atoms with Gasteiger partial charge in [0.05, 0.1) is 7.11 Å². The van der Waals surface area contributed by atoms with Crippen LogP contribution in [0.25, 0.3) is 0 Å². The number of carbonyl (C=O) groups is 1. The summed E-state index contributed by atoms with van der Waals surface area (Å²) >= 11 is 0. The van der Waals surface area contributed by atoms with Crippen molar-refractivity contribution in [2.24, 2.45) is 0 Å². The molecule has 1 rings (SSSR count). The van der Waals surface area contributed by atoms with E-state index in [1.807, 2.05) is 6.92 Å². The van der Waals surface area contributed by atoms with Crippen LogP contribution in [0.15, 0.2) is 0 Å². The van der Waals surface area contributed by atoms with Gasteiger partial charge in [-0.1, -0.05) is 0 Å². The minimum atomic E-state index is -0.193. The standard InChI is InChI=1S/C9H18N2O2/c1-7(9(12)13-3)10-8-4-5-11(2)6-8/h7-8,10H,4-6H2,1-3H3/t7-,8?/m0/s1. The summed E-state index contributed by atoms with van der Waals surface area (Å²) in [5.41, 5.74) is 0. The normalized spacial score (nSPS) is 25.9. The number of ether oxygens (including phenoxy) is 1. The number of methoxy groups -OCH3 is 1. The molecule has 1 N–H and O–H groups in total. The molecule has 0 aliphatic carbocycles. The SMILES string of the molecule is COC(=O)[C@H](C)NC1CCN(C)C1. The van der Waals surface area contributed by atoms with Crippen molar-refractivity contribution >= 4 is 5.97 Å². The van der Waals surface area contributed by atoms with E-state index in [1.165, 1.54) is 7.11 Å². The average molecular weight is 186 g/mol. The summed E-state index contributed by atoms with van der Waals surface area (Å²) in [5.74, 6) is -0.186. The van der Waals surface area contributed by atoms with E-state index in [4.69, 9.17) is 0 Å². The fraction of sp³-hybridized carbons (Fsp3) is 0.889. The first-order valence-electron chi connectivity index (χ1n) is 4.66. The maximum Gasteiger partial charge on any atom is 0.322 e. The number of carbonyl (C=O) groups excluding carboxylic acids is 1. The number of hydrogen-bond donors (Lipinski definition) is 1. The van der Waals surface area contributed by atoms with E-state index in [9.17, 15) is 4.79 Å². The lowest BCUT2D eigenvalue weighted by Crippen LogP contribution is -2.43. The monoisotopic (exact) mass is 186 g/mol. The lowest BCUT2D eigenvalue weighted by Gasteiger charge is -2.17.